The third-order valence-corrected chi connectivity index (χ3v) is 3.37. The van der Waals surface area contributed by atoms with Gasteiger partial charge in [0.25, 0.3) is 5.91 Å². The Labute approximate surface area is 110 Å². The van der Waals surface area contributed by atoms with Crippen molar-refractivity contribution in [3.05, 3.63) is 36.0 Å². The molecule has 1 aliphatic heterocycles. The highest BCUT2D eigenvalue weighted by Gasteiger charge is 2.24. The maximum atomic E-state index is 12.1. The molecule has 1 atom stereocenters. The van der Waals surface area contributed by atoms with E-state index in [2.05, 4.69) is 15.6 Å². The van der Waals surface area contributed by atoms with Gasteiger partial charge < -0.3 is 15.6 Å². The second kappa shape index (κ2) is 4.76. The van der Waals surface area contributed by atoms with E-state index in [1.807, 2.05) is 24.3 Å². The van der Waals surface area contributed by atoms with E-state index >= 15 is 0 Å². The van der Waals surface area contributed by atoms with Gasteiger partial charge in [0, 0.05) is 17.4 Å². The fourth-order valence-electron chi connectivity index (χ4n) is 2.34. The summed E-state index contributed by atoms with van der Waals surface area (Å²) < 4.78 is 0. The number of benzene rings is 1. The van der Waals surface area contributed by atoms with Gasteiger partial charge in [-0.05, 0) is 25.0 Å². The number of amides is 2. The Balaban J connectivity index is 1.77. The number of fused-ring (bicyclic) bond motifs is 1. The van der Waals surface area contributed by atoms with Crippen LogP contribution in [0.4, 0.5) is 0 Å². The quantitative estimate of drug-likeness (QED) is 0.755. The van der Waals surface area contributed by atoms with Crippen LogP contribution in [0.25, 0.3) is 10.9 Å². The second-order valence-electron chi connectivity index (χ2n) is 4.73. The smallest absolute Gasteiger partial charge is 0.268 e. The predicted molar refractivity (Wildman–Crippen MR) is 71.8 cm³/mol. The number of piperidine rings is 1. The molecule has 1 aromatic heterocycles. The van der Waals surface area contributed by atoms with Crippen molar-refractivity contribution >= 4 is 22.7 Å². The van der Waals surface area contributed by atoms with Crippen LogP contribution in [-0.4, -0.2) is 29.4 Å². The number of hydrogen-bond acceptors (Lipinski definition) is 2. The van der Waals surface area contributed by atoms with Crippen LogP contribution in [0.2, 0.25) is 0 Å². The van der Waals surface area contributed by atoms with Crippen LogP contribution in [0.1, 0.15) is 23.3 Å². The molecule has 1 saturated heterocycles. The van der Waals surface area contributed by atoms with Crippen molar-refractivity contribution in [3.63, 3.8) is 0 Å². The normalized spacial score (nSPS) is 19.2. The first-order valence-electron chi connectivity index (χ1n) is 6.40. The summed E-state index contributed by atoms with van der Waals surface area (Å²) in [5, 5.41) is 6.50. The molecule has 1 aromatic carbocycles. The monoisotopic (exact) mass is 257 g/mol. The van der Waals surface area contributed by atoms with Crippen molar-refractivity contribution in [3.8, 4) is 0 Å². The number of H-pyrrole nitrogens is 1. The molecule has 3 rings (SSSR count). The van der Waals surface area contributed by atoms with Gasteiger partial charge in [0.15, 0.2) is 0 Å². The Morgan fingerprint density at radius 1 is 1.32 bits per heavy atom. The lowest BCUT2D eigenvalue weighted by Gasteiger charge is -2.22. The summed E-state index contributed by atoms with van der Waals surface area (Å²) in [6.45, 7) is 0.692. The Hall–Kier alpha value is -2.30. The number of hydrogen-bond donors (Lipinski definition) is 3. The minimum atomic E-state index is -0.423. The topological polar surface area (TPSA) is 74.0 Å². The minimum absolute atomic E-state index is 0.101. The summed E-state index contributed by atoms with van der Waals surface area (Å²) in [4.78, 5) is 26.8. The lowest BCUT2D eigenvalue weighted by atomic mass is 10.1. The van der Waals surface area contributed by atoms with Crippen LogP contribution in [0.3, 0.4) is 0 Å². The Kier molecular flexibility index (Phi) is 2.95. The van der Waals surface area contributed by atoms with E-state index in [1.165, 1.54) is 0 Å². The van der Waals surface area contributed by atoms with Crippen molar-refractivity contribution in [1.82, 2.24) is 15.6 Å². The molecule has 0 spiro atoms. The highest BCUT2D eigenvalue weighted by molar-refractivity contribution is 6.00. The van der Waals surface area contributed by atoms with E-state index in [0.717, 1.165) is 17.3 Å². The van der Waals surface area contributed by atoms with E-state index in [4.69, 9.17) is 0 Å². The molecule has 2 aromatic rings. The van der Waals surface area contributed by atoms with Gasteiger partial charge in [-0.2, -0.15) is 0 Å². The van der Waals surface area contributed by atoms with Gasteiger partial charge in [-0.3, -0.25) is 9.59 Å². The van der Waals surface area contributed by atoms with Crippen LogP contribution in [0.5, 0.6) is 0 Å². The fourth-order valence-corrected chi connectivity index (χ4v) is 2.34. The van der Waals surface area contributed by atoms with Crippen molar-refractivity contribution < 1.29 is 9.59 Å². The van der Waals surface area contributed by atoms with E-state index in [-0.39, 0.29) is 11.8 Å². The maximum Gasteiger partial charge on any atom is 0.268 e. The van der Waals surface area contributed by atoms with Crippen molar-refractivity contribution in [2.75, 3.05) is 6.54 Å². The molecular formula is C14H15N3O2. The van der Waals surface area contributed by atoms with Crippen LogP contribution in [0.15, 0.2) is 30.3 Å². The third-order valence-electron chi connectivity index (χ3n) is 3.37. The van der Waals surface area contributed by atoms with Gasteiger partial charge in [-0.25, -0.2) is 0 Å². The lowest BCUT2D eigenvalue weighted by Crippen LogP contribution is -2.50. The fraction of sp³-hybridized carbons (Fsp3) is 0.286. The van der Waals surface area contributed by atoms with Crippen molar-refractivity contribution in [2.45, 2.75) is 18.9 Å². The predicted octanol–water partition coefficient (Wildman–Crippen LogP) is 1.18. The first kappa shape index (κ1) is 11.8. The highest BCUT2D eigenvalue weighted by Crippen LogP contribution is 2.15. The SMILES string of the molecule is O=C(NC1CCCNC1=O)c1cc2ccccc2[nH]1. The molecular weight excluding hydrogens is 242 g/mol. The molecule has 5 heteroatoms. The first-order valence-corrected chi connectivity index (χ1v) is 6.40. The molecule has 98 valence electrons. The Morgan fingerprint density at radius 2 is 2.16 bits per heavy atom. The number of aromatic nitrogens is 1. The average molecular weight is 257 g/mol. The molecule has 19 heavy (non-hydrogen) atoms. The summed E-state index contributed by atoms with van der Waals surface area (Å²) in [6, 6.07) is 9.06. The zero-order valence-electron chi connectivity index (χ0n) is 10.4. The number of para-hydroxylation sites is 1. The molecule has 0 aliphatic carbocycles. The first-order chi connectivity index (χ1) is 9.24. The number of aromatic amines is 1. The molecule has 1 unspecified atom stereocenters. The number of carbonyl (C=O) groups excluding carboxylic acids is 2. The van der Waals surface area contributed by atoms with E-state index in [0.29, 0.717) is 18.7 Å². The van der Waals surface area contributed by atoms with Crippen LogP contribution in [0, 0.1) is 0 Å². The van der Waals surface area contributed by atoms with Gasteiger partial charge in [0.1, 0.15) is 11.7 Å². The number of rotatable bonds is 2. The number of carbonyl (C=O) groups is 2. The summed E-state index contributed by atoms with van der Waals surface area (Å²) in [6.07, 6.45) is 1.58. The number of nitrogens with one attached hydrogen (secondary N) is 3. The van der Waals surface area contributed by atoms with Crippen LogP contribution < -0.4 is 10.6 Å². The molecule has 3 N–H and O–H groups in total. The van der Waals surface area contributed by atoms with E-state index in [1.54, 1.807) is 6.07 Å². The molecule has 2 amide bonds. The standard InChI is InChI=1S/C14H15N3O2/c18-13-11(6-3-7-15-13)17-14(19)12-8-9-4-1-2-5-10(9)16-12/h1-2,4-5,8,11,16H,3,6-7H2,(H,15,18)(H,17,19). The van der Waals surface area contributed by atoms with E-state index in [9.17, 15) is 9.59 Å². The molecule has 1 fully saturated rings. The van der Waals surface area contributed by atoms with Gasteiger partial charge in [0.05, 0.1) is 0 Å². The van der Waals surface area contributed by atoms with Gasteiger partial charge in [-0.15, -0.1) is 0 Å². The van der Waals surface area contributed by atoms with Crippen molar-refractivity contribution in [2.24, 2.45) is 0 Å². The van der Waals surface area contributed by atoms with Crippen LogP contribution >= 0.6 is 0 Å². The Morgan fingerprint density at radius 3 is 2.95 bits per heavy atom. The maximum absolute atomic E-state index is 12.1. The molecule has 0 saturated carbocycles. The summed E-state index contributed by atoms with van der Waals surface area (Å²) in [5.74, 6) is -0.339. The van der Waals surface area contributed by atoms with Gasteiger partial charge in [-0.1, -0.05) is 18.2 Å². The zero-order chi connectivity index (χ0) is 13.2. The minimum Gasteiger partial charge on any atom is -0.354 e. The molecule has 2 heterocycles. The van der Waals surface area contributed by atoms with Crippen molar-refractivity contribution in [1.29, 1.82) is 0 Å². The molecule has 0 radical (unpaired) electrons. The summed E-state index contributed by atoms with van der Waals surface area (Å²) in [5.41, 5.74) is 1.40. The average Bonchev–Trinajstić information content (AvgIpc) is 2.85. The second-order valence-corrected chi connectivity index (χ2v) is 4.73. The van der Waals surface area contributed by atoms with Crippen LogP contribution in [-0.2, 0) is 4.79 Å². The van der Waals surface area contributed by atoms with Gasteiger partial charge in [0.2, 0.25) is 5.91 Å². The summed E-state index contributed by atoms with van der Waals surface area (Å²) >= 11 is 0. The molecule has 5 nitrogen and oxygen atoms in total. The Bertz CT molecular complexity index is 599. The summed E-state index contributed by atoms with van der Waals surface area (Å²) in [7, 11) is 0. The zero-order valence-corrected chi connectivity index (χ0v) is 10.4. The molecule has 1 aliphatic rings. The molecule has 0 bridgehead atoms. The van der Waals surface area contributed by atoms with E-state index < -0.39 is 6.04 Å². The largest absolute Gasteiger partial charge is 0.354 e. The third kappa shape index (κ3) is 2.31. The lowest BCUT2D eigenvalue weighted by molar-refractivity contribution is -0.124. The van der Waals surface area contributed by atoms with Gasteiger partial charge >= 0.3 is 0 Å². The highest BCUT2D eigenvalue weighted by atomic mass is 16.2.